The summed E-state index contributed by atoms with van der Waals surface area (Å²) in [4.78, 5) is 1.36. The molecule has 1 aromatic carbocycles. The minimum Gasteiger partial charge on any atom is -0.497 e. The van der Waals surface area contributed by atoms with E-state index in [2.05, 4.69) is 24.5 Å². The van der Waals surface area contributed by atoms with Crippen molar-refractivity contribution in [2.45, 2.75) is 39.5 Å². The van der Waals surface area contributed by atoms with Gasteiger partial charge in [-0.2, -0.15) is 0 Å². The van der Waals surface area contributed by atoms with E-state index in [0.29, 0.717) is 0 Å². The first kappa shape index (κ1) is 19.1. The number of nitrogens with one attached hydrogen (secondary N) is 2. The zero-order chi connectivity index (χ0) is 19.3. The van der Waals surface area contributed by atoms with Crippen molar-refractivity contribution in [1.82, 2.24) is 5.32 Å². The molecule has 0 radical (unpaired) electrons. The van der Waals surface area contributed by atoms with Gasteiger partial charge in [-0.15, -0.1) is 11.8 Å². The highest BCUT2D eigenvalue weighted by Crippen LogP contribution is 2.35. The summed E-state index contributed by atoms with van der Waals surface area (Å²) < 4.78 is 17.8. The van der Waals surface area contributed by atoms with Gasteiger partial charge >= 0.3 is 0 Å². The highest BCUT2D eigenvalue weighted by molar-refractivity contribution is 8.03. The lowest BCUT2D eigenvalue weighted by Gasteiger charge is -2.26. The van der Waals surface area contributed by atoms with Crippen molar-refractivity contribution < 1.29 is 14.2 Å². The summed E-state index contributed by atoms with van der Waals surface area (Å²) in [5.74, 6) is 5.05. The van der Waals surface area contributed by atoms with Crippen LogP contribution in [0.4, 0.5) is 5.69 Å². The molecule has 0 saturated heterocycles. The molecule has 28 heavy (non-hydrogen) atoms. The summed E-state index contributed by atoms with van der Waals surface area (Å²) in [6, 6.07) is 8.04. The van der Waals surface area contributed by atoms with E-state index in [1.807, 2.05) is 36.0 Å². The molecule has 1 aromatic rings. The first-order valence-electron chi connectivity index (χ1n) is 9.98. The first-order chi connectivity index (χ1) is 13.7. The van der Waals surface area contributed by atoms with Crippen LogP contribution in [0.3, 0.4) is 0 Å². The van der Waals surface area contributed by atoms with E-state index in [0.717, 1.165) is 85.6 Å². The molecule has 5 nitrogen and oxygen atoms in total. The zero-order valence-corrected chi connectivity index (χ0v) is 17.4. The summed E-state index contributed by atoms with van der Waals surface area (Å²) in [5.41, 5.74) is 3.32. The molecule has 3 heterocycles. The van der Waals surface area contributed by atoms with Gasteiger partial charge < -0.3 is 24.8 Å². The molecule has 0 spiro atoms. The monoisotopic (exact) mass is 400 g/mol. The quantitative estimate of drug-likeness (QED) is 0.692. The van der Waals surface area contributed by atoms with Gasteiger partial charge in [-0.1, -0.05) is 12.1 Å². The van der Waals surface area contributed by atoms with Crippen LogP contribution >= 0.6 is 11.8 Å². The summed E-state index contributed by atoms with van der Waals surface area (Å²) in [7, 11) is 0. The molecule has 6 heteroatoms. The van der Waals surface area contributed by atoms with Crippen molar-refractivity contribution in [1.29, 1.82) is 0 Å². The number of rotatable bonds is 6. The number of fused-ring (bicyclic) bond motifs is 1. The molecule has 2 N–H and O–H groups in total. The number of ether oxygens (including phenoxy) is 3. The number of hydrogen-bond donors (Lipinski definition) is 2. The van der Waals surface area contributed by atoms with Gasteiger partial charge in [-0.25, -0.2) is 0 Å². The summed E-state index contributed by atoms with van der Waals surface area (Å²) >= 11 is 1.92. The second kappa shape index (κ2) is 8.86. The van der Waals surface area contributed by atoms with Gasteiger partial charge in [-0.3, -0.25) is 0 Å². The Hall–Kier alpha value is -2.21. The Bertz CT molecular complexity index is 829. The van der Waals surface area contributed by atoms with Crippen LogP contribution in [0.1, 0.15) is 39.5 Å². The molecular formula is C22H28N2O3S. The molecule has 0 unspecified atom stereocenters. The molecule has 0 atom stereocenters. The van der Waals surface area contributed by atoms with Crippen LogP contribution in [0.2, 0.25) is 0 Å². The van der Waals surface area contributed by atoms with Gasteiger partial charge in [0.2, 0.25) is 0 Å². The van der Waals surface area contributed by atoms with Crippen LogP contribution in [-0.2, 0) is 9.47 Å². The predicted molar refractivity (Wildman–Crippen MR) is 114 cm³/mol. The minimum absolute atomic E-state index is 0.721. The third-order valence-corrected chi connectivity index (χ3v) is 6.38. The summed E-state index contributed by atoms with van der Waals surface area (Å²) in [5, 5.41) is 6.99. The predicted octanol–water partition coefficient (Wildman–Crippen LogP) is 5.11. The molecule has 0 fully saturated rings. The van der Waals surface area contributed by atoms with E-state index >= 15 is 0 Å². The Kier molecular flexibility index (Phi) is 6.05. The average molecular weight is 401 g/mol. The highest BCUT2D eigenvalue weighted by Gasteiger charge is 2.20. The Morgan fingerprint density at radius 3 is 2.71 bits per heavy atom. The van der Waals surface area contributed by atoms with Crippen LogP contribution in [0.5, 0.6) is 5.75 Å². The van der Waals surface area contributed by atoms with E-state index in [1.165, 1.54) is 10.6 Å². The molecule has 4 rings (SSSR count). The van der Waals surface area contributed by atoms with Crippen LogP contribution < -0.4 is 15.4 Å². The van der Waals surface area contributed by atoms with E-state index in [-0.39, 0.29) is 0 Å². The molecule has 0 aliphatic carbocycles. The highest BCUT2D eigenvalue weighted by atomic mass is 32.2. The van der Waals surface area contributed by atoms with Crippen LogP contribution in [0, 0.1) is 0 Å². The van der Waals surface area contributed by atoms with Gasteiger partial charge in [0, 0.05) is 35.7 Å². The summed E-state index contributed by atoms with van der Waals surface area (Å²) in [6.45, 7) is 6.55. The second-order valence-corrected chi connectivity index (χ2v) is 8.31. The Morgan fingerprint density at radius 1 is 0.964 bits per heavy atom. The molecule has 0 amide bonds. The van der Waals surface area contributed by atoms with Gasteiger partial charge in [0.1, 0.15) is 29.6 Å². The third kappa shape index (κ3) is 4.43. The number of hydrogen-bond acceptors (Lipinski definition) is 6. The van der Waals surface area contributed by atoms with Crippen molar-refractivity contribution in [3.05, 3.63) is 57.8 Å². The minimum atomic E-state index is 0.721. The Balaban J connectivity index is 1.40. The van der Waals surface area contributed by atoms with Crippen molar-refractivity contribution in [3.63, 3.8) is 0 Å². The largest absolute Gasteiger partial charge is 0.497 e. The van der Waals surface area contributed by atoms with Gasteiger partial charge in [0.25, 0.3) is 0 Å². The van der Waals surface area contributed by atoms with Gasteiger partial charge in [-0.05, 0) is 38.8 Å². The lowest BCUT2D eigenvalue weighted by Crippen LogP contribution is -2.27. The molecule has 0 bridgehead atoms. The normalized spacial score (nSPS) is 19.2. The lowest BCUT2D eigenvalue weighted by atomic mass is 10.1. The third-order valence-electron chi connectivity index (χ3n) is 5.17. The first-order valence-corrected chi connectivity index (χ1v) is 11.0. The van der Waals surface area contributed by atoms with Crippen molar-refractivity contribution in [2.75, 3.05) is 30.8 Å². The van der Waals surface area contributed by atoms with Crippen LogP contribution in [0.25, 0.3) is 0 Å². The molecule has 0 aromatic heterocycles. The summed E-state index contributed by atoms with van der Waals surface area (Å²) in [6.07, 6.45) is 3.60. The zero-order valence-electron chi connectivity index (χ0n) is 16.6. The maximum atomic E-state index is 6.13. The molecule has 3 aliphatic heterocycles. The number of para-hydroxylation sites is 2. The number of anilines is 1. The lowest BCUT2D eigenvalue weighted by molar-refractivity contribution is 0.177. The fraction of sp³-hybridized carbons (Fsp3) is 0.455. The Morgan fingerprint density at radius 2 is 1.82 bits per heavy atom. The fourth-order valence-corrected chi connectivity index (χ4v) is 4.57. The second-order valence-electron chi connectivity index (χ2n) is 7.12. The van der Waals surface area contributed by atoms with Crippen molar-refractivity contribution in [2.24, 2.45) is 0 Å². The SMILES string of the molecule is CC1=C(CCC2=C(CCC3=C(C)OCCS3)NCCO2)Oc2ccccc2N1. The average Bonchev–Trinajstić information content (AvgIpc) is 2.72. The van der Waals surface area contributed by atoms with Crippen LogP contribution in [0.15, 0.2) is 57.8 Å². The van der Waals surface area contributed by atoms with Gasteiger partial charge in [0.05, 0.1) is 18.0 Å². The maximum absolute atomic E-state index is 6.13. The maximum Gasteiger partial charge on any atom is 0.150 e. The molecule has 3 aliphatic rings. The van der Waals surface area contributed by atoms with E-state index in [1.54, 1.807) is 0 Å². The fourth-order valence-electron chi connectivity index (χ4n) is 3.65. The van der Waals surface area contributed by atoms with Crippen LogP contribution in [-0.4, -0.2) is 25.5 Å². The topological polar surface area (TPSA) is 51.8 Å². The van der Waals surface area contributed by atoms with E-state index in [9.17, 15) is 0 Å². The Labute approximate surface area is 171 Å². The van der Waals surface area contributed by atoms with Gasteiger partial charge in [0.15, 0.2) is 0 Å². The van der Waals surface area contributed by atoms with Crippen molar-refractivity contribution >= 4 is 17.4 Å². The molecule has 0 saturated carbocycles. The smallest absolute Gasteiger partial charge is 0.150 e. The molecular weight excluding hydrogens is 372 g/mol. The number of benzene rings is 1. The molecule has 150 valence electrons. The van der Waals surface area contributed by atoms with E-state index < -0.39 is 0 Å². The van der Waals surface area contributed by atoms with E-state index in [4.69, 9.17) is 14.2 Å². The van der Waals surface area contributed by atoms with Crippen molar-refractivity contribution in [3.8, 4) is 5.75 Å². The number of allylic oxidation sites excluding steroid dienone is 6. The standard InChI is InChI=1S/C22H28N2O3S/c1-15-19(27-21-6-4-3-5-18(21)24-15)8-9-20-17(23-11-12-26-20)7-10-22-16(2)25-13-14-28-22/h3-6,23-24H,7-14H2,1-2H3. The number of thioether (sulfide) groups is 1.